The second-order valence-electron chi connectivity index (χ2n) is 8.88. The Morgan fingerprint density at radius 2 is 1.96 bits per heavy atom. The molecule has 1 fully saturated rings. The van der Waals surface area contributed by atoms with Gasteiger partial charge in [-0.15, -0.1) is 0 Å². The largest absolute Gasteiger partial charge is 0.354 e. The fourth-order valence-corrected chi connectivity index (χ4v) is 3.11. The summed E-state index contributed by atoms with van der Waals surface area (Å²) in [5.74, 6) is 1.93. The molecule has 0 radical (unpaired) electrons. The molecular weight excluding hydrogens is 336 g/mol. The third-order valence-corrected chi connectivity index (χ3v) is 5.03. The molecule has 1 aliphatic heterocycles. The SMILES string of the molecule is CN=C(NCc1ccnc(N2CCN(C)CC2)c1)NC(C)CCC(C)(C)C. The van der Waals surface area contributed by atoms with Crippen LogP contribution in [0.5, 0.6) is 0 Å². The van der Waals surface area contributed by atoms with Crippen LogP contribution in [-0.2, 0) is 6.54 Å². The van der Waals surface area contributed by atoms with Gasteiger partial charge in [-0.3, -0.25) is 4.99 Å². The molecule has 1 aromatic rings. The zero-order chi connectivity index (χ0) is 19.9. The number of aromatic nitrogens is 1. The highest BCUT2D eigenvalue weighted by molar-refractivity contribution is 5.79. The van der Waals surface area contributed by atoms with E-state index >= 15 is 0 Å². The first kappa shape index (κ1) is 21.5. The molecule has 6 heteroatoms. The Balaban J connectivity index is 1.84. The number of piperazine rings is 1. The van der Waals surface area contributed by atoms with Gasteiger partial charge in [0.05, 0.1) is 0 Å². The van der Waals surface area contributed by atoms with Gasteiger partial charge in [-0.1, -0.05) is 20.8 Å². The lowest BCUT2D eigenvalue weighted by Gasteiger charge is -2.33. The zero-order valence-electron chi connectivity index (χ0n) is 18.0. The maximum absolute atomic E-state index is 4.56. The van der Waals surface area contributed by atoms with E-state index in [-0.39, 0.29) is 0 Å². The molecule has 1 aliphatic rings. The summed E-state index contributed by atoms with van der Waals surface area (Å²) in [6, 6.07) is 4.66. The van der Waals surface area contributed by atoms with Crippen LogP contribution in [0.1, 0.15) is 46.1 Å². The Bertz CT molecular complexity index is 599. The number of anilines is 1. The van der Waals surface area contributed by atoms with E-state index in [9.17, 15) is 0 Å². The second kappa shape index (κ2) is 9.93. The van der Waals surface area contributed by atoms with Gasteiger partial charge in [-0.25, -0.2) is 4.98 Å². The molecule has 0 saturated carbocycles. The van der Waals surface area contributed by atoms with Gasteiger partial charge in [0, 0.05) is 52.0 Å². The summed E-state index contributed by atoms with van der Waals surface area (Å²) in [6.07, 6.45) is 4.23. The molecule has 0 aromatic carbocycles. The number of aliphatic imine (C=N–C) groups is 1. The lowest BCUT2D eigenvalue weighted by Crippen LogP contribution is -2.45. The molecule has 2 N–H and O–H groups in total. The number of nitrogens with one attached hydrogen (secondary N) is 2. The summed E-state index contributed by atoms with van der Waals surface area (Å²) in [5.41, 5.74) is 1.59. The van der Waals surface area contributed by atoms with Crippen LogP contribution < -0.4 is 15.5 Å². The Labute approximate surface area is 165 Å². The van der Waals surface area contributed by atoms with Gasteiger partial charge in [0.2, 0.25) is 0 Å². The fourth-order valence-electron chi connectivity index (χ4n) is 3.11. The Kier molecular flexibility index (Phi) is 7.90. The molecule has 1 saturated heterocycles. The summed E-state index contributed by atoms with van der Waals surface area (Å²) >= 11 is 0. The van der Waals surface area contributed by atoms with E-state index in [1.54, 1.807) is 0 Å². The Morgan fingerprint density at radius 1 is 1.26 bits per heavy atom. The molecular formula is C21H38N6. The first-order chi connectivity index (χ1) is 12.8. The third-order valence-electron chi connectivity index (χ3n) is 5.03. The minimum atomic E-state index is 0.365. The highest BCUT2D eigenvalue weighted by Crippen LogP contribution is 2.21. The number of hydrogen-bond acceptors (Lipinski definition) is 4. The second-order valence-corrected chi connectivity index (χ2v) is 8.88. The number of rotatable bonds is 6. The molecule has 27 heavy (non-hydrogen) atoms. The van der Waals surface area contributed by atoms with Crippen molar-refractivity contribution in [1.29, 1.82) is 0 Å². The highest BCUT2D eigenvalue weighted by atomic mass is 15.3. The number of guanidine groups is 1. The van der Waals surface area contributed by atoms with E-state index in [1.165, 1.54) is 12.0 Å². The number of likely N-dealkylation sites (N-methyl/N-ethyl adjacent to an activating group) is 1. The molecule has 2 rings (SSSR count). The van der Waals surface area contributed by atoms with E-state index in [0.717, 1.165) is 50.9 Å². The van der Waals surface area contributed by atoms with E-state index in [1.807, 2.05) is 13.2 Å². The summed E-state index contributed by atoms with van der Waals surface area (Å²) in [5, 5.41) is 6.93. The predicted octanol–water partition coefficient (Wildman–Crippen LogP) is 2.71. The van der Waals surface area contributed by atoms with Crippen molar-refractivity contribution in [3.8, 4) is 0 Å². The van der Waals surface area contributed by atoms with Crippen molar-refractivity contribution in [2.45, 2.75) is 53.1 Å². The Morgan fingerprint density at radius 3 is 2.59 bits per heavy atom. The smallest absolute Gasteiger partial charge is 0.191 e. The van der Waals surface area contributed by atoms with Gasteiger partial charge in [0.25, 0.3) is 0 Å². The van der Waals surface area contributed by atoms with Crippen LogP contribution in [0.4, 0.5) is 5.82 Å². The average Bonchev–Trinajstić information content (AvgIpc) is 2.63. The number of hydrogen-bond donors (Lipinski definition) is 2. The van der Waals surface area contributed by atoms with Gasteiger partial charge in [-0.2, -0.15) is 0 Å². The van der Waals surface area contributed by atoms with Crippen molar-refractivity contribution in [1.82, 2.24) is 20.5 Å². The average molecular weight is 375 g/mol. The normalized spacial score (nSPS) is 17.7. The predicted molar refractivity (Wildman–Crippen MR) is 115 cm³/mol. The molecule has 6 nitrogen and oxygen atoms in total. The summed E-state index contributed by atoms with van der Waals surface area (Å²) in [4.78, 5) is 13.7. The van der Waals surface area contributed by atoms with Crippen molar-refractivity contribution in [3.63, 3.8) is 0 Å². The van der Waals surface area contributed by atoms with Crippen LogP contribution in [0.3, 0.4) is 0 Å². The number of pyridine rings is 1. The summed E-state index contributed by atoms with van der Waals surface area (Å²) < 4.78 is 0. The van der Waals surface area contributed by atoms with Crippen LogP contribution in [-0.4, -0.2) is 62.2 Å². The lowest BCUT2D eigenvalue weighted by atomic mass is 9.89. The van der Waals surface area contributed by atoms with Crippen LogP contribution in [0.2, 0.25) is 0 Å². The lowest BCUT2D eigenvalue weighted by molar-refractivity contribution is 0.312. The van der Waals surface area contributed by atoms with Crippen LogP contribution in [0, 0.1) is 5.41 Å². The van der Waals surface area contributed by atoms with E-state index in [0.29, 0.717) is 11.5 Å². The zero-order valence-corrected chi connectivity index (χ0v) is 18.0. The summed E-state index contributed by atoms with van der Waals surface area (Å²) in [7, 11) is 4.00. The third kappa shape index (κ3) is 7.75. The monoisotopic (exact) mass is 374 g/mol. The van der Waals surface area contributed by atoms with Gasteiger partial charge in [0.1, 0.15) is 5.82 Å². The molecule has 152 valence electrons. The van der Waals surface area contributed by atoms with Crippen molar-refractivity contribution >= 4 is 11.8 Å². The van der Waals surface area contributed by atoms with E-state index in [2.05, 4.69) is 77.3 Å². The van der Waals surface area contributed by atoms with Gasteiger partial charge in [-0.05, 0) is 49.9 Å². The van der Waals surface area contributed by atoms with Crippen LogP contribution in [0.15, 0.2) is 23.3 Å². The van der Waals surface area contributed by atoms with Crippen molar-refractivity contribution in [2.75, 3.05) is 45.2 Å². The van der Waals surface area contributed by atoms with Crippen LogP contribution in [0.25, 0.3) is 0 Å². The van der Waals surface area contributed by atoms with Gasteiger partial charge >= 0.3 is 0 Å². The molecule has 1 atom stereocenters. The van der Waals surface area contributed by atoms with Gasteiger partial charge in [0.15, 0.2) is 5.96 Å². The van der Waals surface area contributed by atoms with Gasteiger partial charge < -0.3 is 20.4 Å². The van der Waals surface area contributed by atoms with E-state index < -0.39 is 0 Å². The molecule has 1 aromatic heterocycles. The van der Waals surface area contributed by atoms with E-state index in [4.69, 9.17) is 0 Å². The molecule has 0 bridgehead atoms. The molecule has 0 spiro atoms. The summed E-state index contributed by atoms with van der Waals surface area (Å²) in [6.45, 7) is 14.1. The van der Waals surface area contributed by atoms with Crippen LogP contribution >= 0.6 is 0 Å². The maximum atomic E-state index is 4.56. The number of nitrogens with zero attached hydrogens (tertiary/aromatic N) is 4. The minimum Gasteiger partial charge on any atom is -0.354 e. The standard InChI is InChI=1S/C21H38N6/c1-17(7-9-21(2,3)4)25-20(22-5)24-16-18-8-10-23-19(15-18)27-13-11-26(6)12-14-27/h8,10,15,17H,7,9,11-14,16H2,1-6H3,(H2,22,24,25). The van der Waals surface area contributed by atoms with Crippen molar-refractivity contribution in [3.05, 3.63) is 23.9 Å². The highest BCUT2D eigenvalue weighted by Gasteiger charge is 2.16. The molecule has 2 heterocycles. The Hall–Kier alpha value is -1.82. The molecule has 0 amide bonds. The molecule has 1 unspecified atom stereocenters. The first-order valence-corrected chi connectivity index (χ1v) is 10.1. The topological polar surface area (TPSA) is 55.8 Å². The van der Waals surface area contributed by atoms with Crippen molar-refractivity contribution < 1.29 is 0 Å². The molecule has 0 aliphatic carbocycles. The minimum absolute atomic E-state index is 0.365. The first-order valence-electron chi connectivity index (χ1n) is 10.1. The quantitative estimate of drug-likeness (QED) is 0.592. The fraction of sp³-hybridized carbons (Fsp3) is 0.714. The maximum Gasteiger partial charge on any atom is 0.191 e. The van der Waals surface area contributed by atoms with Crippen molar-refractivity contribution in [2.24, 2.45) is 10.4 Å².